The summed E-state index contributed by atoms with van der Waals surface area (Å²) in [6.45, 7) is 1.74. The zero-order chi connectivity index (χ0) is 15.3. The average Bonchev–Trinajstić information content (AvgIpc) is 2.43. The van der Waals surface area contributed by atoms with Gasteiger partial charge in [-0.15, -0.1) is 0 Å². The topological polar surface area (TPSA) is 79.9 Å². The van der Waals surface area contributed by atoms with E-state index in [4.69, 9.17) is 20.8 Å². The molecule has 1 heterocycles. The minimum absolute atomic E-state index is 0.0551. The fourth-order valence-electron chi connectivity index (χ4n) is 2.36. The van der Waals surface area contributed by atoms with Gasteiger partial charge in [0.2, 0.25) is 5.43 Å². The number of ether oxygens (including phenoxy) is 1. The van der Waals surface area contributed by atoms with Crippen LogP contribution < -0.4 is 10.2 Å². The van der Waals surface area contributed by atoms with Crippen LogP contribution >= 0.6 is 11.6 Å². The SMILES string of the molecule is COc1cc(C)c2c(=O)c3c(O)c(Cl)c(O)cc3oc2c1. The van der Waals surface area contributed by atoms with Gasteiger partial charge in [0.1, 0.15) is 33.1 Å². The molecule has 108 valence electrons. The highest BCUT2D eigenvalue weighted by atomic mass is 35.5. The maximum Gasteiger partial charge on any atom is 0.204 e. The van der Waals surface area contributed by atoms with Crippen molar-refractivity contribution in [2.24, 2.45) is 0 Å². The van der Waals surface area contributed by atoms with Crippen LogP contribution in [-0.2, 0) is 0 Å². The summed E-state index contributed by atoms with van der Waals surface area (Å²) >= 11 is 5.77. The Hall–Kier alpha value is -2.40. The van der Waals surface area contributed by atoms with E-state index in [0.717, 1.165) is 0 Å². The molecule has 3 rings (SSSR count). The van der Waals surface area contributed by atoms with E-state index in [1.807, 2.05) is 0 Å². The number of halogens is 1. The maximum absolute atomic E-state index is 12.6. The first kappa shape index (κ1) is 13.6. The van der Waals surface area contributed by atoms with Crippen molar-refractivity contribution in [3.05, 3.63) is 39.0 Å². The van der Waals surface area contributed by atoms with E-state index < -0.39 is 11.2 Å². The molecule has 6 heteroatoms. The standard InChI is InChI=1S/C15H11ClO5/c1-6-3-7(20-2)4-9-11(6)14(18)12-10(21-9)5-8(17)13(16)15(12)19/h3-5,17,19H,1-2H3. The summed E-state index contributed by atoms with van der Waals surface area (Å²) in [5.41, 5.74) is 0.611. The van der Waals surface area contributed by atoms with Gasteiger partial charge in [0.25, 0.3) is 0 Å². The van der Waals surface area contributed by atoms with Crippen LogP contribution in [0.15, 0.2) is 27.4 Å². The molecule has 0 bridgehead atoms. The minimum atomic E-state index is -0.488. The molecule has 0 fully saturated rings. The second kappa shape index (κ2) is 4.56. The average molecular weight is 307 g/mol. The summed E-state index contributed by atoms with van der Waals surface area (Å²) in [6, 6.07) is 4.48. The summed E-state index contributed by atoms with van der Waals surface area (Å²) < 4.78 is 10.7. The monoisotopic (exact) mass is 306 g/mol. The lowest BCUT2D eigenvalue weighted by molar-refractivity contribution is 0.414. The predicted octanol–water partition coefficient (Wildman–Crippen LogP) is 3.33. The fourth-order valence-corrected chi connectivity index (χ4v) is 2.51. The molecule has 5 nitrogen and oxygen atoms in total. The van der Waals surface area contributed by atoms with Crippen LogP contribution in [0, 0.1) is 6.92 Å². The predicted molar refractivity (Wildman–Crippen MR) is 79.6 cm³/mol. The summed E-state index contributed by atoms with van der Waals surface area (Å²) in [6.07, 6.45) is 0. The molecule has 0 saturated heterocycles. The molecule has 2 aromatic carbocycles. The Bertz CT molecular complexity index is 943. The van der Waals surface area contributed by atoms with E-state index in [-0.39, 0.29) is 21.7 Å². The number of aromatic hydroxyl groups is 2. The number of phenols is 2. The van der Waals surface area contributed by atoms with E-state index in [2.05, 4.69) is 0 Å². The number of aryl methyl sites for hydroxylation is 1. The number of phenolic OH excluding ortho intramolecular Hbond substituents is 2. The van der Waals surface area contributed by atoms with Gasteiger partial charge < -0.3 is 19.4 Å². The molecule has 0 saturated carbocycles. The van der Waals surface area contributed by atoms with Gasteiger partial charge in [-0.25, -0.2) is 0 Å². The third-order valence-electron chi connectivity index (χ3n) is 3.37. The molecular weight excluding hydrogens is 296 g/mol. The van der Waals surface area contributed by atoms with E-state index in [9.17, 15) is 15.0 Å². The molecule has 0 aliphatic heterocycles. The Kier molecular flexibility index (Phi) is 2.95. The van der Waals surface area contributed by atoms with Crippen molar-refractivity contribution in [2.45, 2.75) is 6.92 Å². The molecule has 2 N–H and O–H groups in total. The van der Waals surface area contributed by atoms with E-state index in [0.29, 0.717) is 22.3 Å². The molecule has 0 atom stereocenters. The highest BCUT2D eigenvalue weighted by molar-refractivity contribution is 6.34. The molecule has 0 aliphatic rings. The van der Waals surface area contributed by atoms with E-state index in [1.54, 1.807) is 19.1 Å². The van der Waals surface area contributed by atoms with Crippen LogP contribution in [0.1, 0.15) is 5.56 Å². The van der Waals surface area contributed by atoms with Gasteiger partial charge in [-0.3, -0.25) is 4.79 Å². The molecule has 0 unspecified atom stereocenters. The van der Waals surface area contributed by atoms with Crippen molar-refractivity contribution < 1.29 is 19.4 Å². The molecule has 0 aliphatic carbocycles. The molecular formula is C15H11ClO5. The summed E-state index contributed by atoms with van der Waals surface area (Å²) in [5, 5.41) is 19.6. The third kappa shape index (κ3) is 1.89. The quantitative estimate of drug-likeness (QED) is 0.674. The summed E-state index contributed by atoms with van der Waals surface area (Å²) in [4.78, 5) is 12.6. The number of methoxy groups -OCH3 is 1. The lowest BCUT2D eigenvalue weighted by Crippen LogP contribution is -2.05. The fraction of sp³-hybridized carbons (Fsp3) is 0.133. The Morgan fingerprint density at radius 3 is 2.48 bits per heavy atom. The number of fused-ring (bicyclic) bond motifs is 2. The number of hydrogen-bond donors (Lipinski definition) is 2. The van der Waals surface area contributed by atoms with Crippen LogP contribution in [0.25, 0.3) is 21.9 Å². The van der Waals surface area contributed by atoms with Gasteiger partial charge in [0, 0.05) is 12.1 Å². The number of rotatable bonds is 1. The van der Waals surface area contributed by atoms with Crippen molar-refractivity contribution in [1.82, 2.24) is 0 Å². The van der Waals surface area contributed by atoms with Crippen molar-refractivity contribution in [3.63, 3.8) is 0 Å². The van der Waals surface area contributed by atoms with Gasteiger partial charge in [-0.2, -0.15) is 0 Å². The second-order valence-electron chi connectivity index (χ2n) is 4.68. The van der Waals surface area contributed by atoms with Crippen molar-refractivity contribution in [3.8, 4) is 17.2 Å². The largest absolute Gasteiger partial charge is 0.506 e. The third-order valence-corrected chi connectivity index (χ3v) is 3.74. The molecule has 0 spiro atoms. The highest BCUT2D eigenvalue weighted by Gasteiger charge is 2.18. The first-order valence-corrected chi connectivity index (χ1v) is 6.47. The van der Waals surface area contributed by atoms with Crippen LogP contribution in [-0.4, -0.2) is 17.3 Å². The molecule has 1 aromatic heterocycles. The lowest BCUT2D eigenvalue weighted by Gasteiger charge is -2.09. The Morgan fingerprint density at radius 1 is 1.14 bits per heavy atom. The first-order chi connectivity index (χ1) is 9.93. The highest BCUT2D eigenvalue weighted by Crippen LogP contribution is 2.39. The Balaban J connectivity index is 2.59. The normalized spacial score (nSPS) is 11.2. The van der Waals surface area contributed by atoms with Crippen LogP contribution in [0.4, 0.5) is 0 Å². The zero-order valence-electron chi connectivity index (χ0n) is 11.2. The van der Waals surface area contributed by atoms with Gasteiger partial charge in [-0.05, 0) is 18.6 Å². The van der Waals surface area contributed by atoms with Gasteiger partial charge in [0.05, 0.1) is 12.5 Å². The molecule has 3 aromatic rings. The number of benzene rings is 2. The second-order valence-corrected chi connectivity index (χ2v) is 5.06. The summed E-state index contributed by atoms with van der Waals surface area (Å²) in [5.74, 6) is -0.300. The maximum atomic E-state index is 12.6. The van der Waals surface area contributed by atoms with Gasteiger partial charge in [-0.1, -0.05) is 11.6 Å². The van der Waals surface area contributed by atoms with Crippen molar-refractivity contribution in [2.75, 3.05) is 7.11 Å². The van der Waals surface area contributed by atoms with E-state index >= 15 is 0 Å². The molecule has 21 heavy (non-hydrogen) atoms. The number of hydrogen-bond acceptors (Lipinski definition) is 5. The van der Waals surface area contributed by atoms with Crippen LogP contribution in [0.3, 0.4) is 0 Å². The van der Waals surface area contributed by atoms with Crippen molar-refractivity contribution in [1.29, 1.82) is 0 Å². The van der Waals surface area contributed by atoms with E-state index in [1.165, 1.54) is 13.2 Å². The van der Waals surface area contributed by atoms with Crippen LogP contribution in [0.2, 0.25) is 5.02 Å². The molecule has 0 amide bonds. The van der Waals surface area contributed by atoms with Gasteiger partial charge in [0.15, 0.2) is 5.75 Å². The first-order valence-electron chi connectivity index (χ1n) is 6.09. The zero-order valence-corrected chi connectivity index (χ0v) is 12.0. The van der Waals surface area contributed by atoms with Crippen molar-refractivity contribution >= 4 is 33.5 Å². The minimum Gasteiger partial charge on any atom is -0.506 e. The Labute approximate surface area is 123 Å². The van der Waals surface area contributed by atoms with Gasteiger partial charge >= 0.3 is 0 Å². The summed E-state index contributed by atoms with van der Waals surface area (Å²) in [7, 11) is 1.51. The Morgan fingerprint density at radius 2 is 1.81 bits per heavy atom. The molecule has 0 radical (unpaired) electrons. The lowest BCUT2D eigenvalue weighted by atomic mass is 10.1. The van der Waals surface area contributed by atoms with Crippen LogP contribution in [0.5, 0.6) is 17.2 Å². The smallest absolute Gasteiger partial charge is 0.204 e.